The zero-order chi connectivity index (χ0) is 27.2. The molecule has 3 aromatic rings. The number of fused-ring (bicyclic) bond motifs is 1. The van der Waals surface area contributed by atoms with Crippen molar-refractivity contribution in [2.75, 3.05) is 12.8 Å². The van der Waals surface area contributed by atoms with E-state index in [1.54, 1.807) is 47.8 Å². The van der Waals surface area contributed by atoms with E-state index in [1.807, 2.05) is 29.2 Å². The lowest BCUT2D eigenvalue weighted by Crippen LogP contribution is -2.50. The molecule has 1 saturated heterocycles. The normalized spacial score (nSPS) is 20.1. The number of carbonyl (C=O) groups is 2. The van der Waals surface area contributed by atoms with Crippen LogP contribution in [0.1, 0.15) is 52.7 Å². The second-order valence-corrected chi connectivity index (χ2v) is 12.2. The third kappa shape index (κ3) is 6.76. The van der Waals surface area contributed by atoms with Gasteiger partial charge in [0.2, 0.25) is 0 Å². The van der Waals surface area contributed by atoms with Crippen molar-refractivity contribution in [3.63, 3.8) is 0 Å². The first-order chi connectivity index (χ1) is 19.0. The highest BCUT2D eigenvalue weighted by molar-refractivity contribution is 8.04. The van der Waals surface area contributed by atoms with Gasteiger partial charge in [0.25, 0.3) is 11.8 Å². The Balaban J connectivity index is 1.24. The molecule has 39 heavy (non-hydrogen) atoms. The van der Waals surface area contributed by atoms with Gasteiger partial charge in [0.15, 0.2) is 0 Å². The SMILES string of the molecule is CSc1ccc(CCNC(=O)c2ccc(/C=C3/SC4CCCCC4N(Cc4ccccc4F)C3=O)cc2)cc1. The van der Waals surface area contributed by atoms with Gasteiger partial charge in [-0.3, -0.25) is 9.59 Å². The van der Waals surface area contributed by atoms with E-state index in [1.165, 1.54) is 16.5 Å². The van der Waals surface area contributed by atoms with Gasteiger partial charge in [0.1, 0.15) is 5.82 Å². The molecular formula is C32H33FN2O2S2. The lowest BCUT2D eigenvalue weighted by atomic mass is 9.92. The van der Waals surface area contributed by atoms with E-state index in [0.29, 0.717) is 27.8 Å². The summed E-state index contributed by atoms with van der Waals surface area (Å²) >= 11 is 3.37. The average Bonchev–Trinajstić information content (AvgIpc) is 2.97. The molecule has 2 aliphatic rings. The minimum atomic E-state index is -0.274. The van der Waals surface area contributed by atoms with Crippen LogP contribution in [-0.4, -0.2) is 40.8 Å². The first-order valence-electron chi connectivity index (χ1n) is 13.5. The van der Waals surface area contributed by atoms with Crippen molar-refractivity contribution in [1.82, 2.24) is 10.2 Å². The average molecular weight is 561 g/mol. The van der Waals surface area contributed by atoms with E-state index in [4.69, 9.17) is 0 Å². The molecule has 0 radical (unpaired) electrons. The number of thioether (sulfide) groups is 2. The molecule has 202 valence electrons. The molecule has 1 N–H and O–H groups in total. The smallest absolute Gasteiger partial charge is 0.260 e. The monoisotopic (exact) mass is 560 g/mol. The third-order valence-electron chi connectivity index (χ3n) is 7.45. The Kier molecular flexibility index (Phi) is 9.09. The number of hydrogen-bond donors (Lipinski definition) is 1. The fraction of sp³-hybridized carbons (Fsp3) is 0.312. The predicted octanol–water partition coefficient (Wildman–Crippen LogP) is 6.95. The Morgan fingerprint density at radius 1 is 1.05 bits per heavy atom. The van der Waals surface area contributed by atoms with Crippen molar-refractivity contribution >= 4 is 41.4 Å². The number of amides is 2. The highest BCUT2D eigenvalue weighted by Crippen LogP contribution is 2.42. The van der Waals surface area contributed by atoms with E-state index in [0.717, 1.165) is 37.7 Å². The van der Waals surface area contributed by atoms with Crippen molar-refractivity contribution in [2.24, 2.45) is 0 Å². The van der Waals surface area contributed by atoms with Gasteiger partial charge < -0.3 is 10.2 Å². The van der Waals surface area contributed by atoms with Gasteiger partial charge in [0.05, 0.1) is 4.91 Å². The molecule has 7 heteroatoms. The largest absolute Gasteiger partial charge is 0.352 e. The number of nitrogens with zero attached hydrogens (tertiary/aromatic N) is 1. The van der Waals surface area contributed by atoms with Crippen LogP contribution < -0.4 is 5.32 Å². The quantitative estimate of drug-likeness (QED) is 0.239. The van der Waals surface area contributed by atoms with Crippen molar-refractivity contribution < 1.29 is 14.0 Å². The summed E-state index contributed by atoms with van der Waals surface area (Å²) in [5, 5.41) is 3.31. The van der Waals surface area contributed by atoms with Crippen LogP contribution in [0.25, 0.3) is 6.08 Å². The van der Waals surface area contributed by atoms with Gasteiger partial charge in [-0.1, -0.05) is 55.3 Å². The van der Waals surface area contributed by atoms with Crippen LogP contribution in [0, 0.1) is 5.82 Å². The van der Waals surface area contributed by atoms with Crippen molar-refractivity contribution in [1.29, 1.82) is 0 Å². The number of nitrogens with one attached hydrogen (secondary N) is 1. The molecule has 3 aromatic carbocycles. The van der Waals surface area contributed by atoms with Crippen molar-refractivity contribution in [2.45, 2.75) is 54.8 Å². The van der Waals surface area contributed by atoms with E-state index < -0.39 is 0 Å². The van der Waals surface area contributed by atoms with E-state index in [-0.39, 0.29) is 30.2 Å². The van der Waals surface area contributed by atoms with Crippen LogP contribution in [0.4, 0.5) is 4.39 Å². The van der Waals surface area contributed by atoms with Crippen LogP contribution in [0.2, 0.25) is 0 Å². The molecule has 4 nitrogen and oxygen atoms in total. The summed E-state index contributed by atoms with van der Waals surface area (Å²) in [5.74, 6) is -0.429. The summed E-state index contributed by atoms with van der Waals surface area (Å²) in [6.07, 6.45) is 8.98. The number of halogens is 1. The zero-order valence-electron chi connectivity index (χ0n) is 22.1. The molecule has 2 amide bonds. The molecule has 1 saturated carbocycles. The standard InChI is InChI=1S/C32H33FN2O2S2/c1-38-26-16-12-22(13-17-26)18-19-34-31(36)24-14-10-23(11-15-24)20-30-32(37)35(21-25-6-2-3-7-27(25)33)28-8-4-5-9-29(28)39-30/h2-3,6-7,10-17,20,28-29H,4-5,8-9,18-19,21H2,1H3,(H,34,36)/b30-20+. The molecular weight excluding hydrogens is 527 g/mol. The van der Waals surface area contributed by atoms with Crippen LogP contribution in [0.5, 0.6) is 0 Å². The Labute approximate surface area is 238 Å². The summed E-state index contributed by atoms with van der Waals surface area (Å²) in [6, 6.07) is 22.6. The molecule has 0 aromatic heterocycles. The van der Waals surface area contributed by atoms with Gasteiger partial charge in [-0.15, -0.1) is 23.5 Å². The summed E-state index contributed by atoms with van der Waals surface area (Å²) in [6.45, 7) is 0.847. The number of hydrogen-bond acceptors (Lipinski definition) is 4. The minimum Gasteiger partial charge on any atom is -0.352 e. The fourth-order valence-corrected chi connectivity index (χ4v) is 7.15. The molecule has 1 aliphatic heterocycles. The lowest BCUT2D eigenvalue weighted by Gasteiger charge is -2.44. The van der Waals surface area contributed by atoms with Crippen LogP contribution in [0.15, 0.2) is 82.6 Å². The van der Waals surface area contributed by atoms with Gasteiger partial charge in [0, 0.05) is 40.4 Å². The van der Waals surface area contributed by atoms with E-state index in [2.05, 4.69) is 35.8 Å². The summed E-state index contributed by atoms with van der Waals surface area (Å²) in [4.78, 5) is 30.0. The molecule has 0 spiro atoms. The Morgan fingerprint density at radius 3 is 2.54 bits per heavy atom. The molecule has 5 rings (SSSR count). The van der Waals surface area contributed by atoms with Crippen molar-refractivity contribution in [3.05, 3.63) is 106 Å². The van der Waals surface area contributed by atoms with Gasteiger partial charge >= 0.3 is 0 Å². The first-order valence-corrected chi connectivity index (χ1v) is 15.6. The molecule has 0 bridgehead atoms. The second-order valence-electron chi connectivity index (χ2n) is 10.0. The summed E-state index contributed by atoms with van der Waals surface area (Å²) < 4.78 is 14.4. The van der Waals surface area contributed by atoms with Crippen LogP contribution in [0.3, 0.4) is 0 Å². The minimum absolute atomic E-state index is 0.0428. The number of benzene rings is 3. The first kappa shape index (κ1) is 27.5. The number of rotatable bonds is 8. The maximum Gasteiger partial charge on any atom is 0.260 e. The van der Waals surface area contributed by atoms with Crippen LogP contribution >= 0.6 is 23.5 Å². The Bertz CT molecular complexity index is 1340. The fourth-order valence-electron chi connectivity index (χ4n) is 5.27. The summed E-state index contributed by atoms with van der Waals surface area (Å²) in [5.41, 5.74) is 3.20. The molecule has 2 atom stereocenters. The molecule has 2 fully saturated rings. The summed E-state index contributed by atoms with van der Waals surface area (Å²) in [7, 11) is 0. The van der Waals surface area contributed by atoms with Crippen molar-refractivity contribution in [3.8, 4) is 0 Å². The molecule has 1 heterocycles. The Morgan fingerprint density at radius 2 is 1.79 bits per heavy atom. The van der Waals surface area contributed by atoms with Gasteiger partial charge in [-0.25, -0.2) is 4.39 Å². The highest BCUT2D eigenvalue weighted by atomic mass is 32.2. The van der Waals surface area contributed by atoms with Gasteiger partial charge in [-0.2, -0.15) is 0 Å². The lowest BCUT2D eigenvalue weighted by molar-refractivity contribution is -0.130. The maximum absolute atomic E-state index is 14.4. The topological polar surface area (TPSA) is 49.4 Å². The van der Waals surface area contributed by atoms with E-state index >= 15 is 0 Å². The van der Waals surface area contributed by atoms with E-state index in [9.17, 15) is 14.0 Å². The van der Waals surface area contributed by atoms with Gasteiger partial charge in [-0.05, 0) is 73.1 Å². The zero-order valence-corrected chi connectivity index (χ0v) is 23.7. The van der Waals surface area contributed by atoms with Crippen LogP contribution in [-0.2, 0) is 17.8 Å². The second kappa shape index (κ2) is 12.9. The highest BCUT2D eigenvalue weighted by Gasteiger charge is 2.40. The molecule has 2 unspecified atom stereocenters. The number of carbonyl (C=O) groups excluding carboxylic acids is 2. The maximum atomic E-state index is 14.4. The molecule has 1 aliphatic carbocycles. The Hall–Kier alpha value is -3.03. The predicted molar refractivity (Wildman–Crippen MR) is 159 cm³/mol. The third-order valence-corrected chi connectivity index (χ3v) is 9.59.